The first kappa shape index (κ1) is 15.8. The summed E-state index contributed by atoms with van der Waals surface area (Å²) in [5.41, 5.74) is 0.852. The second-order valence-corrected chi connectivity index (χ2v) is 6.76. The summed E-state index contributed by atoms with van der Waals surface area (Å²) in [6, 6.07) is 9.58. The van der Waals surface area contributed by atoms with Crippen LogP contribution in [0.25, 0.3) is 0 Å². The van der Waals surface area contributed by atoms with E-state index in [2.05, 4.69) is 20.1 Å². The molecule has 0 unspecified atom stereocenters. The molecule has 1 N–H and O–H groups in total. The number of rotatable bonds is 3. The summed E-state index contributed by atoms with van der Waals surface area (Å²) in [5.74, 6) is 1.53. The summed E-state index contributed by atoms with van der Waals surface area (Å²) in [7, 11) is 0. The monoisotopic (exact) mass is 339 g/mol. The van der Waals surface area contributed by atoms with Gasteiger partial charge in [-0.1, -0.05) is 18.2 Å². The van der Waals surface area contributed by atoms with E-state index in [1.807, 2.05) is 37.3 Å². The Labute approximate surface area is 146 Å². The van der Waals surface area contributed by atoms with Crippen LogP contribution >= 0.6 is 0 Å². The van der Waals surface area contributed by atoms with Gasteiger partial charge in [-0.3, -0.25) is 9.59 Å². The Morgan fingerprint density at radius 2 is 2.00 bits per heavy atom. The van der Waals surface area contributed by atoms with E-state index in [1.54, 1.807) is 4.90 Å². The highest BCUT2D eigenvalue weighted by Crippen LogP contribution is 2.25. The largest absolute Gasteiger partial charge is 0.351 e. The fourth-order valence-corrected chi connectivity index (χ4v) is 3.64. The van der Waals surface area contributed by atoms with Gasteiger partial charge in [-0.15, -0.1) is 10.2 Å². The Hall–Kier alpha value is -2.70. The van der Waals surface area contributed by atoms with Gasteiger partial charge in [-0.25, -0.2) is 0 Å². The summed E-state index contributed by atoms with van der Waals surface area (Å²) in [6.07, 6.45) is 1.93. The maximum absolute atomic E-state index is 12.6. The van der Waals surface area contributed by atoms with Crippen molar-refractivity contribution in [1.82, 2.24) is 20.1 Å². The van der Waals surface area contributed by atoms with Gasteiger partial charge in [-0.05, 0) is 25.5 Å². The standard InChI is InChI=1S/C18H21N5O2/c1-12-20-21-16-8-7-14(11-22(12)16)19-18(25)13-9-17(24)23(10-13)15-5-3-2-4-6-15/h2-6,13-14H,7-11H2,1H3,(H,19,25)/t13-,14+/m0/s1. The van der Waals surface area contributed by atoms with Gasteiger partial charge in [0, 0.05) is 37.7 Å². The van der Waals surface area contributed by atoms with Crippen molar-refractivity contribution in [3.63, 3.8) is 0 Å². The number of benzene rings is 1. The molecule has 0 radical (unpaired) electrons. The predicted molar refractivity (Wildman–Crippen MR) is 91.9 cm³/mol. The van der Waals surface area contributed by atoms with Gasteiger partial charge in [0.05, 0.1) is 5.92 Å². The van der Waals surface area contributed by atoms with E-state index in [4.69, 9.17) is 0 Å². The first-order valence-corrected chi connectivity index (χ1v) is 8.66. The predicted octanol–water partition coefficient (Wildman–Crippen LogP) is 1.07. The average Bonchev–Trinajstić information content (AvgIpc) is 3.19. The SMILES string of the molecule is Cc1nnc2n1C[C@H](NC(=O)[C@H]1CC(=O)N(c3ccccc3)C1)CC2. The number of hydrogen-bond donors (Lipinski definition) is 1. The van der Waals surface area contributed by atoms with Crippen LogP contribution in [0.2, 0.25) is 0 Å². The zero-order chi connectivity index (χ0) is 17.4. The maximum atomic E-state index is 12.6. The van der Waals surface area contributed by atoms with Crippen molar-refractivity contribution >= 4 is 17.5 Å². The van der Waals surface area contributed by atoms with Crippen molar-refractivity contribution in [3.05, 3.63) is 42.0 Å². The molecule has 0 bridgehead atoms. The molecule has 2 aromatic rings. The number of aryl methyl sites for hydroxylation is 2. The number of hydrogen-bond acceptors (Lipinski definition) is 4. The van der Waals surface area contributed by atoms with Crippen LogP contribution in [0, 0.1) is 12.8 Å². The minimum atomic E-state index is -0.295. The number of nitrogens with one attached hydrogen (secondary N) is 1. The molecule has 4 rings (SSSR count). The summed E-state index contributed by atoms with van der Waals surface area (Å²) in [4.78, 5) is 26.6. The Balaban J connectivity index is 1.39. The first-order valence-electron chi connectivity index (χ1n) is 8.66. The quantitative estimate of drug-likeness (QED) is 0.907. The Morgan fingerprint density at radius 3 is 2.80 bits per heavy atom. The Bertz CT molecular complexity index is 801. The molecule has 2 aliphatic rings. The average molecular weight is 339 g/mol. The third kappa shape index (κ3) is 3.01. The number of anilines is 1. The van der Waals surface area contributed by atoms with Crippen molar-refractivity contribution in [1.29, 1.82) is 0 Å². The highest BCUT2D eigenvalue weighted by atomic mass is 16.2. The van der Waals surface area contributed by atoms with Crippen molar-refractivity contribution in [2.45, 2.75) is 38.8 Å². The molecule has 2 amide bonds. The molecule has 1 saturated heterocycles. The smallest absolute Gasteiger partial charge is 0.227 e. The molecule has 3 heterocycles. The summed E-state index contributed by atoms with van der Waals surface area (Å²) >= 11 is 0. The molecule has 130 valence electrons. The van der Waals surface area contributed by atoms with Crippen molar-refractivity contribution in [2.75, 3.05) is 11.4 Å². The van der Waals surface area contributed by atoms with Crippen molar-refractivity contribution in [3.8, 4) is 0 Å². The van der Waals surface area contributed by atoms with Crippen molar-refractivity contribution < 1.29 is 9.59 Å². The molecular weight excluding hydrogens is 318 g/mol. The van der Waals surface area contributed by atoms with Gasteiger partial charge >= 0.3 is 0 Å². The summed E-state index contributed by atoms with van der Waals surface area (Å²) in [5, 5.41) is 11.4. The molecule has 7 nitrogen and oxygen atoms in total. The Kier molecular flexibility index (Phi) is 3.99. The second-order valence-electron chi connectivity index (χ2n) is 6.76. The number of aromatic nitrogens is 3. The van der Waals surface area contributed by atoms with Crippen LogP contribution in [0.3, 0.4) is 0 Å². The minimum Gasteiger partial charge on any atom is -0.351 e. The Morgan fingerprint density at radius 1 is 1.20 bits per heavy atom. The zero-order valence-electron chi connectivity index (χ0n) is 14.2. The van der Waals surface area contributed by atoms with Crippen LogP contribution in [0.4, 0.5) is 5.69 Å². The van der Waals surface area contributed by atoms with E-state index in [0.717, 1.165) is 30.2 Å². The van der Waals surface area contributed by atoms with Gasteiger partial charge in [0.25, 0.3) is 0 Å². The molecule has 7 heteroatoms. The molecule has 2 atom stereocenters. The highest BCUT2D eigenvalue weighted by Gasteiger charge is 2.36. The summed E-state index contributed by atoms with van der Waals surface area (Å²) in [6.45, 7) is 3.06. The van der Waals surface area contributed by atoms with E-state index >= 15 is 0 Å². The highest BCUT2D eigenvalue weighted by molar-refractivity contribution is 6.00. The number of amides is 2. The van der Waals surface area contributed by atoms with Gasteiger partial charge in [-0.2, -0.15) is 0 Å². The fourth-order valence-electron chi connectivity index (χ4n) is 3.64. The third-order valence-electron chi connectivity index (χ3n) is 5.04. The number of carbonyl (C=O) groups is 2. The van der Waals surface area contributed by atoms with Gasteiger partial charge in [0.2, 0.25) is 11.8 Å². The molecule has 25 heavy (non-hydrogen) atoms. The molecular formula is C18H21N5O2. The van der Waals surface area contributed by atoms with Gasteiger partial charge in [0.1, 0.15) is 11.6 Å². The topological polar surface area (TPSA) is 80.1 Å². The number of carbonyl (C=O) groups excluding carboxylic acids is 2. The van der Waals surface area contributed by atoms with Crippen molar-refractivity contribution in [2.24, 2.45) is 5.92 Å². The summed E-state index contributed by atoms with van der Waals surface area (Å²) < 4.78 is 2.06. The number of fused-ring (bicyclic) bond motifs is 1. The third-order valence-corrected chi connectivity index (χ3v) is 5.04. The zero-order valence-corrected chi connectivity index (χ0v) is 14.2. The van der Waals surface area contributed by atoms with Crippen LogP contribution in [-0.4, -0.2) is 39.2 Å². The van der Waals surface area contributed by atoms with E-state index in [1.165, 1.54) is 0 Å². The molecule has 1 aromatic carbocycles. The second kappa shape index (κ2) is 6.31. The van der Waals surface area contributed by atoms with E-state index in [9.17, 15) is 9.59 Å². The van der Waals surface area contributed by atoms with E-state index < -0.39 is 0 Å². The molecule has 0 spiro atoms. The molecule has 0 aliphatic carbocycles. The molecule has 0 saturated carbocycles. The molecule has 1 fully saturated rings. The number of nitrogens with zero attached hydrogens (tertiary/aromatic N) is 4. The lowest BCUT2D eigenvalue weighted by molar-refractivity contribution is -0.127. The molecule has 1 aromatic heterocycles. The lowest BCUT2D eigenvalue weighted by Gasteiger charge is -2.26. The lowest BCUT2D eigenvalue weighted by Crippen LogP contribution is -2.44. The van der Waals surface area contributed by atoms with Crippen LogP contribution in [-0.2, 0) is 22.6 Å². The maximum Gasteiger partial charge on any atom is 0.227 e. The van der Waals surface area contributed by atoms with Crippen LogP contribution in [0.5, 0.6) is 0 Å². The fraction of sp³-hybridized carbons (Fsp3) is 0.444. The first-order chi connectivity index (χ1) is 12.1. The lowest BCUT2D eigenvalue weighted by atomic mass is 10.0. The number of para-hydroxylation sites is 1. The normalized spacial score (nSPS) is 22.8. The van der Waals surface area contributed by atoms with E-state index in [0.29, 0.717) is 13.1 Å². The molecule has 2 aliphatic heterocycles. The van der Waals surface area contributed by atoms with Crippen LogP contribution < -0.4 is 10.2 Å². The van der Waals surface area contributed by atoms with E-state index in [-0.39, 0.29) is 30.2 Å². The minimum absolute atomic E-state index is 0.00642. The van der Waals surface area contributed by atoms with Gasteiger partial charge < -0.3 is 14.8 Å². The van der Waals surface area contributed by atoms with Gasteiger partial charge in [0.15, 0.2) is 0 Å². The van der Waals surface area contributed by atoms with Crippen LogP contribution in [0.15, 0.2) is 30.3 Å². The van der Waals surface area contributed by atoms with Crippen LogP contribution in [0.1, 0.15) is 24.5 Å².